The molecule has 126 valence electrons. The fraction of sp³-hybridized carbons (Fsp3) is 0.467. The Morgan fingerprint density at radius 3 is 2.65 bits per heavy atom. The van der Waals surface area contributed by atoms with Gasteiger partial charge in [-0.3, -0.25) is 4.84 Å². The Kier molecular flexibility index (Phi) is 5.33. The van der Waals surface area contributed by atoms with Gasteiger partial charge in [-0.2, -0.15) is 10.1 Å². The predicted molar refractivity (Wildman–Crippen MR) is 91.4 cm³/mol. The zero-order valence-electron chi connectivity index (χ0n) is 13.5. The molecule has 4 N–H and O–H groups in total. The predicted octanol–water partition coefficient (Wildman–Crippen LogP) is 2.03. The van der Waals surface area contributed by atoms with Crippen LogP contribution < -0.4 is 16.2 Å². The monoisotopic (exact) mass is 339 g/mol. The van der Waals surface area contributed by atoms with Gasteiger partial charge < -0.3 is 16.2 Å². The number of aliphatic imine (C=N–C) groups is 2. The molecule has 1 heterocycles. The topological polar surface area (TPSA) is 98.5 Å². The van der Waals surface area contributed by atoms with Crippen LogP contribution in [0.3, 0.4) is 0 Å². The maximum atomic E-state index is 6.11. The molecule has 2 rings (SSSR count). The number of benzene rings is 1. The van der Waals surface area contributed by atoms with Gasteiger partial charge in [-0.25, -0.2) is 4.99 Å². The third kappa shape index (κ3) is 4.49. The van der Waals surface area contributed by atoms with E-state index in [-0.39, 0.29) is 11.9 Å². The molecular weight excluding hydrogens is 318 g/mol. The Hall–Kier alpha value is -1.99. The van der Waals surface area contributed by atoms with Gasteiger partial charge in [0.25, 0.3) is 0 Å². The normalized spacial score (nSPS) is 16.8. The number of hydroxylamine groups is 2. The lowest BCUT2D eigenvalue weighted by molar-refractivity contribution is -0.158. The number of aryl methyl sites for hydroxylation is 1. The van der Waals surface area contributed by atoms with E-state index in [1.807, 2.05) is 39.0 Å². The molecule has 0 saturated carbocycles. The number of halogens is 1. The molecular formula is C15H22ClN5O2. The van der Waals surface area contributed by atoms with E-state index in [4.69, 9.17) is 32.6 Å². The lowest BCUT2D eigenvalue weighted by atomic mass is 10.2. The van der Waals surface area contributed by atoms with E-state index in [0.717, 1.165) is 5.56 Å². The van der Waals surface area contributed by atoms with Gasteiger partial charge in [0.15, 0.2) is 5.66 Å². The molecule has 0 aliphatic carbocycles. The zero-order chi connectivity index (χ0) is 17.0. The summed E-state index contributed by atoms with van der Waals surface area (Å²) in [5, 5.41) is 2.05. The van der Waals surface area contributed by atoms with Gasteiger partial charge in [0.1, 0.15) is 5.75 Å². The first kappa shape index (κ1) is 17.4. The van der Waals surface area contributed by atoms with Crippen molar-refractivity contribution in [3.8, 4) is 5.75 Å². The molecule has 23 heavy (non-hydrogen) atoms. The van der Waals surface area contributed by atoms with Crippen LogP contribution in [0.4, 0.5) is 0 Å². The van der Waals surface area contributed by atoms with Crippen LogP contribution in [0, 0.1) is 6.92 Å². The zero-order valence-corrected chi connectivity index (χ0v) is 14.3. The van der Waals surface area contributed by atoms with Gasteiger partial charge in [0, 0.05) is 6.42 Å². The van der Waals surface area contributed by atoms with Crippen LogP contribution in [0.2, 0.25) is 5.02 Å². The molecule has 0 aromatic heterocycles. The molecule has 8 heteroatoms. The van der Waals surface area contributed by atoms with Gasteiger partial charge in [-0.1, -0.05) is 17.7 Å². The standard InChI is InChI=1S/C15H22ClN5O2/c1-10-5-6-12(11(16)9-10)22-7-4-8-23-21-14(18)19-13(17)20-15(21,2)3/h5-6,9H,4,7-8H2,1-3H3,(H4,17,18,19,20). The third-order valence-corrected chi connectivity index (χ3v) is 3.47. The van der Waals surface area contributed by atoms with Crippen molar-refractivity contribution in [2.24, 2.45) is 21.5 Å². The van der Waals surface area contributed by atoms with Gasteiger partial charge in [-0.15, -0.1) is 0 Å². The van der Waals surface area contributed by atoms with Crippen molar-refractivity contribution in [2.75, 3.05) is 13.2 Å². The molecule has 1 aliphatic rings. The van der Waals surface area contributed by atoms with Crippen LogP contribution in [0.5, 0.6) is 5.75 Å². The van der Waals surface area contributed by atoms with Crippen LogP contribution in [0.1, 0.15) is 25.8 Å². The largest absolute Gasteiger partial charge is 0.492 e. The Morgan fingerprint density at radius 1 is 1.26 bits per heavy atom. The highest BCUT2D eigenvalue weighted by Crippen LogP contribution is 2.25. The molecule has 1 aromatic rings. The first-order chi connectivity index (χ1) is 10.8. The van der Waals surface area contributed by atoms with E-state index in [0.29, 0.717) is 30.4 Å². The molecule has 0 saturated heterocycles. The second kappa shape index (κ2) is 7.06. The quantitative estimate of drug-likeness (QED) is 0.773. The lowest BCUT2D eigenvalue weighted by Gasteiger charge is -2.36. The van der Waals surface area contributed by atoms with E-state index in [1.54, 1.807) is 0 Å². The van der Waals surface area contributed by atoms with Crippen LogP contribution in [-0.2, 0) is 4.84 Å². The first-order valence-corrected chi connectivity index (χ1v) is 7.69. The fourth-order valence-electron chi connectivity index (χ4n) is 2.14. The minimum atomic E-state index is -0.697. The van der Waals surface area contributed by atoms with Crippen molar-refractivity contribution in [3.63, 3.8) is 0 Å². The summed E-state index contributed by atoms with van der Waals surface area (Å²) >= 11 is 6.11. The molecule has 1 aliphatic heterocycles. The minimum absolute atomic E-state index is 0.143. The fourth-order valence-corrected chi connectivity index (χ4v) is 2.43. The highest BCUT2D eigenvalue weighted by atomic mass is 35.5. The van der Waals surface area contributed by atoms with E-state index >= 15 is 0 Å². The highest BCUT2D eigenvalue weighted by Gasteiger charge is 2.32. The summed E-state index contributed by atoms with van der Waals surface area (Å²) in [4.78, 5) is 13.7. The van der Waals surface area contributed by atoms with E-state index < -0.39 is 5.66 Å². The smallest absolute Gasteiger partial charge is 0.226 e. The van der Waals surface area contributed by atoms with Crippen molar-refractivity contribution in [3.05, 3.63) is 28.8 Å². The van der Waals surface area contributed by atoms with Crippen LogP contribution in [0.15, 0.2) is 28.2 Å². The number of nitrogens with two attached hydrogens (primary N) is 2. The Bertz CT molecular complexity index is 630. The maximum absolute atomic E-state index is 6.11. The number of rotatable bonds is 6. The van der Waals surface area contributed by atoms with Crippen LogP contribution in [0.25, 0.3) is 0 Å². The number of nitrogens with zero attached hydrogens (tertiary/aromatic N) is 3. The SMILES string of the molecule is Cc1ccc(OCCCON2C(N)=NC(N)=NC2(C)C)c(Cl)c1. The molecule has 0 spiro atoms. The summed E-state index contributed by atoms with van der Waals surface area (Å²) in [6, 6.07) is 5.67. The van der Waals surface area contributed by atoms with Crippen molar-refractivity contribution in [1.82, 2.24) is 5.06 Å². The summed E-state index contributed by atoms with van der Waals surface area (Å²) < 4.78 is 5.64. The number of ether oxygens (including phenoxy) is 1. The van der Waals surface area contributed by atoms with Crippen molar-refractivity contribution in [1.29, 1.82) is 0 Å². The molecule has 7 nitrogen and oxygen atoms in total. The molecule has 0 fully saturated rings. The first-order valence-electron chi connectivity index (χ1n) is 7.31. The number of hydrogen-bond acceptors (Lipinski definition) is 7. The maximum Gasteiger partial charge on any atom is 0.226 e. The Balaban J connectivity index is 1.78. The molecule has 1 aromatic carbocycles. The van der Waals surface area contributed by atoms with Crippen LogP contribution >= 0.6 is 11.6 Å². The van der Waals surface area contributed by atoms with Gasteiger partial charge in [0.05, 0.1) is 18.2 Å². The second-order valence-corrected chi connectivity index (χ2v) is 6.11. The summed E-state index contributed by atoms with van der Waals surface area (Å²) in [5.74, 6) is 0.990. The molecule has 0 bridgehead atoms. The Labute approximate surface area is 140 Å². The highest BCUT2D eigenvalue weighted by molar-refractivity contribution is 6.32. The molecule has 0 unspecified atom stereocenters. The summed E-state index contributed by atoms with van der Waals surface area (Å²) in [6.07, 6.45) is 0.656. The summed E-state index contributed by atoms with van der Waals surface area (Å²) in [6.45, 7) is 6.52. The lowest BCUT2D eigenvalue weighted by Crippen LogP contribution is -2.53. The minimum Gasteiger partial charge on any atom is -0.492 e. The summed E-state index contributed by atoms with van der Waals surface area (Å²) in [7, 11) is 0. The summed E-state index contributed by atoms with van der Waals surface area (Å²) in [5.41, 5.74) is 11.8. The average molecular weight is 340 g/mol. The van der Waals surface area contributed by atoms with Crippen molar-refractivity contribution in [2.45, 2.75) is 32.9 Å². The molecule has 0 amide bonds. The van der Waals surface area contributed by atoms with Gasteiger partial charge in [-0.05, 0) is 38.5 Å². The van der Waals surface area contributed by atoms with Gasteiger partial charge in [0.2, 0.25) is 11.9 Å². The third-order valence-electron chi connectivity index (χ3n) is 3.18. The second-order valence-electron chi connectivity index (χ2n) is 5.70. The van der Waals surface area contributed by atoms with E-state index in [9.17, 15) is 0 Å². The van der Waals surface area contributed by atoms with E-state index in [1.165, 1.54) is 5.06 Å². The van der Waals surface area contributed by atoms with Crippen LogP contribution in [-0.4, -0.2) is 35.9 Å². The molecule has 0 radical (unpaired) electrons. The van der Waals surface area contributed by atoms with E-state index in [2.05, 4.69) is 9.98 Å². The Morgan fingerprint density at radius 2 is 2.00 bits per heavy atom. The average Bonchev–Trinajstić information content (AvgIpc) is 2.42. The van der Waals surface area contributed by atoms with Crippen molar-refractivity contribution < 1.29 is 9.57 Å². The van der Waals surface area contributed by atoms with Crippen molar-refractivity contribution >= 4 is 23.5 Å². The number of hydrogen-bond donors (Lipinski definition) is 2. The van der Waals surface area contributed by atoms with Gasteiger partial charge >= 0.3 is 0 Å². The number of guanidine groups is 2. The molecule has 0 atom stereocenters.